The van der Waals surface area contributed by atoms with E-state index in [2.05, 4.69) is 24.9 Å². The third-order valence-corrected chi connectivity index (χ3v) is 6.30. The van der Waals surface area contributed by atoms with Gasteiger partial charge >= 0.3 is 0 Å². The van der Waals surface area contributed by atoms with Crippen LogP contribution in [0.5, 0.6) is 5.75 Å². The van der Waals surface area contributed by atoms with Crippen molar-refractivity contribution in [3.63, 3.8) is 0 Å². The van der Waals surface area contributed by atoms with Crippen LogP contribution < -0.4 is 20.5 Å². The molecule has 0 radical (unpaired) electrons. The topological polar surface area (TPSA) is 122 Å². The van der Waals surface area contributed by atoms with Crippen LogP contribution in [0.25, 0.3) is 10.9 Å². The van der Waals surface area contributed by atoms with Crippen LogP contribution in [0.3, 0.4) is 0 Å². The van der Waals surface area contributed by atoms with E-state index in [0.717, 1.165) is 34.4 Å². The first-order valence-corrected chi connectivity index (χ1v) is 12.3. The number of carbonyl (C=O) groups excluding carboxylic acids is 1. The molecule has 10 heteroatoms. The minimum absolute atomic E-state index is 0.258. The lowest BCUT2D eigenvalue weighted by Gasteiger charge is -2.36. The number of nitrogens with zero attached hydrogens (tertiary/aromatic N) is 3. The number of nitrogens with one attached hydrogen (secondary N) is 2. The highest BCUT2D eigenvalue weighted by molar-refractivity contribution is 7.82. The summed E-state index contributed by atoms with van der Waals surface area (Å²) in [5.74, 6) is 0.770. The summed E-state index contributed by atoms with van der Waals surface area (Å²) in [6, 6.07) is 13.4. The van der Waals surface area contributed by atoms with Crippen molar-refractivity contribution in [1.29, 1.82) is 0 Å². The molecule has 1 amide bonds. The van der Waals surface area contributed by atoms with Gasteiger partial charge in [0.15, 0.2) is 0 Å². The predicted octanol–water partition coefficient (Wildman–Crippen LogP) is 1.94. The maximum atomic E-state index is 12.5. The second-order valence-electron chi connectivity index (χ2n) is 8.11. The van der Waals surface area contributed by atoms with Crippen LogP contribution in [-0.4, -0.2) is 57.5 Å². The van der Waals surface area contributed by atoms with Crippen LogP contribution in [0.4, 0.5) is 11.5 Å². The Hall–Kier alpha value is -3.08. The predicted molar refractivity (Wildman–Crippen MR) is 129 cm³/mol. The summed E-state index contributed by atoms with van der Waals surface area (Å²) in [5, 5.41) is 4.31. The molecular weight excluding hydrogens is 440 g/mol. The zero-order valence-corrected chi connectivity index (χ0v) is 19.5. The maximum absolute atomic E-state index is 12.5. The molecule has 33 heavy (non-hydrogen) atoms. The van der Waals surface area contributed by atoms with E-state index >= 15 is 0 Å². The number of aromatic nitrogens is 2. The molecule has 4 N–H and O–H groups in total. The summed E-state index contributed by atoms with van der Waals surface area (Å²) in [7, 11) is 0.220. The van der Waals surface area contributed by atoms with Gasteiger partial charge in [0.2, 0.25) is 5.91 Å². The fourth-order valence-electron chi connectivity index (χ4n) is 4.16. The number of amides is 1. The van der Waals surface area contributed by atoms with Gasteiger partial charge < -0.3 is 15.8 Å². The van der Waals surface area contributed by atoms with Crippen LogP contribution in [0, 0.1) is 5.92 Å². The number of fused-ring (bicyclic) bond motifs is 1. The Labute approximate surface area is 195 Å². The Morgan fingerprint density at radius 2 is 2.09 bits per heavy atom. The van der Waals surface area contributed by atoms with Gasteiger partial charge in [-0.15, -0.1) is 0 Å². The summed E-state index contributed by atoms with van der Waals surface area (Å²) < 4.78 is 19.3. The largest absolute Gasteiger partial charge is 0.497 e. The molecule has 2 aromatic carbocycles. The van der Waals surface area contributed by atoms with Gasteiger partial charge in [0, 0.05) is 49.1 Å². The van der Waals surface area contributed by atoms with Crippen molar-refractivity contribution in [3.8, 4) is 5.75 Å². The van der Waals surface area contributed by atoms with Crippen LogP contribution in [0.15, 0.2) is 48.8 Å². The van der Waals surface area contributed by atoms with Gasteiger partial charge in [0.25, 0.3) is 0 Å². The highest BCUT2D eigenvalue weighted by atomic mass is 32.2. The first-order chi connectivity index (χ1) is 15.9. The number of rotatable bonds is 7. The summed E-state index contributed by atoms with van der Waals surface area (Å²) in [6.45, 7) is 1.87. The van der Waals surface area contributed by atoms with Crippen LogP contribution in [0.1, 0.15) is 12.0 Å². The van der Waals surface area contributed by atoms with Gasteiger partial charge in [0.05, 0.1) is 18.5 Å². The van der Waals surface area contributed by atoms with Crippen molar-refractivity contribution in [3.05, 3.63) is 54.4 Å². The van der Waals surface area contributed by atoms with Crippen LogP contribution >= 0.6 is 0 Å². The molecule has 3 aromatic rings. The smallest absolute Gasteiger partial charge is 0.237 e. The van der Waals surface area contributed by atoms with Gasteiger partial charge in [-0.3, -0.25) is 14.4 Å². The number of carbonyl (C=O) groups is 1. The van der Waals surface area contributed by atoms with E-state index in [4.69, 9.17) is 10.5 Å². The molecule has 0 aliphatic carbocycles. The first kappa shape index (κ1) is 23.1. The zero-order valence-electron chi connectivity index (χ0n) is 18.7. The van der Waals surface area contributed by atoms with Crippen molar-refractivity contribution in [2.45, 2.75) is 19.0 Å². The minimum atomic E-state index is -1.41. The van der Waals surface area contributed by atoms with Crippen molar-refractivity contribution in [2.75, 3.05) is 31.8 Å². The lowest BCUT2D eigenvalue weighted by molar-refractivity contribution is -0.125. The number of ether oxygens (including phenoxy) is 1. The number of hydrogen-bond acceptors (Lipinski definition) is 8. The average Bonchev–Trinajstić information content (AvgIpc) is 2.80. The first-order valence-electron chi connectivity index (χ1n) is 10.7. The van der Waals surface area contributed by atoms with Crippen molar-refractivity contribution in [2.24, 2.45) is 11.7 Å². The third kappa shape index (κ3) is 5.47. The molecule has 0 saturated carbocycles. The Morgan fingerprint density at radius 1 is 1.27 bits per heavy atom. The van der Waals surface area contributed by atoms with Gasteiger partial charge in [-0.05, 0) is 30.2 Å². The lowest BCUT2D eigenvalue weighted by Crippen LogP contribution is -2.53. The number of anilines is 2. The minimum Gasteiger partial charge on any atom is -0.497 e. The molecule has 1 aliphatic heterocycles. The Morgan fingerprint density at radius 3 is 2.88 bits per heavy atom. The Bertz CT molecular complexity index is 1170. The molecule has 2 unspecified atom stereocenters. The number of methoxy groups -OCH3 is 1. The quantitative estimate of drug-likeness (QED) is 0.481. The second-order valence-corrected chi connectivity index (χ2v) is 9.22. The van der Waals surface area contributed by atoms with E-state index in [9.17, 15) is 9.00 Å². The van der Waals surface area contributed by atoms with Crippen molar-refractivity contribution < 1.29 is 13.7 Å². The number of piperidine rings is 1. The standard InChI is InChI=1S/C23H28N6O3S/c1-32-17-7-4-6-16(11-17)27-22-21-15(5-3-8-20(21)25-14-26-22)12-29-10-9-19(24)18(13-29)23(30)28-33(2)31/h3-8,11,14,18-19H,9-10,12-13,24H2,1-2H3,(H,28,30)(H,25,26,27)/t18?,19-,33?/m1/s1. The molecule has 9 nitrogen and oxygen atoms in total. The van der Waals surface area contributed by atoms with Gasteiger partial charge in [-0.1, -0.05) is 18.2 Å². The van der Waals surface area contributed by atoms with Crippen LogP contribution in [0.2, 0.25) is 0 Å². The maximum Gasteiger partial charge on any atom is 0.237 e. The van der Waals surface area contributed by atoms with Gasteiger partial charge in [-0.2, -0.15) is 0 Å². The second kappa shape index (κ2) is 10.2. The zero-order chi connectivity index (χ0) is 23.4. The van der Waals surface area contributed by atoms with Crippen molar-refractivity contribution >= 4 is 39.3 Å². The molecule has 1 aromatic heterocycles. The number of nitrogens with two attached hydrogens (primary N) is 1. The molecule has 1 saturated heterocycles. The van der Waals surface area contributed by atoms with E-state index in [1.807, 2.05) is 42.5 Å². The third-order valence-electron chi connectivity index (χ3n) is 5.81. The van der Waals surface area contributed by atoms with Gasteiger partial charge in [-0.25, -0.2) is 14.2 Å². The summed E-state index contributed by atoms with van der Waals surface area (Å²) in [4.78, 5) is 23.6. The Balaban J connectivity index is 1.60. The summed E-state index contributed by atoms with van der Waals surface area (Å²) in [5.41, 5.74) is 8.95. The fraction of sp³-hybridized carbons (Fsp3) is 0.348. The highest BCUT2D eigenvalue weighted by Gasteiger charge is 2.32. The molecular formula is C23H28N6O3S. The molecule has 3 atom stereocenters. The van der Waals surface area contributed by atoms with E-state index in [1.54, 1.807) is 13.4 Å². The van der Waals surface area contributed by atoms with Gasteiger partial charge in [0.1, 0.15) is 28.9 Å². The fourth-order valence-corrected chi connectivity index (χ4v) is 4.60. The molecule has 4 rings (SSSR count). The molecule has 174 valence electrons. The normalized spacial score (nSPS) is 19.7. The summed E-state index contributed by atoms with van der Waals surface area (Å²) >= 11 is 0. The van der Waals surface area contributed by atoms with E-state index in [0.29, 0.717) is 25.3 Å². The number of hydrogen-bond donors (Lipinski definition) is 3. The average molecular weight is 469 g/mol. The highest BCUT2D eigenvalue weighted by Crippen LogP contribution is 2.29. The monoisotopic (exact) mass is 468 g/mol. The molecule has 1 aliphatic rings. The molecule has 1 fully saturated rings. The summed E-state index contributed by atoms with van der Waals surface area (Å²) in [6.07, 6.45) is 3.67. The van der Waals surface area contributed by atoms with Crippen LogP contribution in [-0.2, 0) is 22.3 Å². The Kier molecular flexibility index (Phi) is 7.17. The molecule has 0 spiro atoms. The SMILES string of the molecule is COc1cccc(Nc2ncnc3cccc(CN4CC[C@@H](N)C(C(=O)NS(C)=O)C4)c23)c1. The number of likely N-dealkylation sites (tertiary alicyclic amines) is 1. The molecule has 0 bridgehead atoms. The van der Waals surface area contributed by atoms with E-state index in [1.165, 1.54) is 6.26 Å². The lowest BCUT2D eigenvalue weighted by atomic mass is 9.92. The van der Waals surface area contributed by atoms with E-state index in [-0.39, 0.29) is 11.9 Å². The number of benzene rings is 2. The molecule has 2 heterocycles. The van der Waals surface area contributed by atoms with E-state index < -0.39 is 16.9 Å². The van der Waals surface area contributed by atoms with Crippen molar-refractivity contribution in [1.82, 2.24) is 19.6 Å².